The molecule has 2 aromatic rings. The van der Waals surface area contributed by atoms with Crippen molar-refractivity contribution in [1.82, 2.24) is 0 Å². The molecule has 0 radical (unpaired) electrons. The third kappa shape index (κ3) is 8.91. The molecular weight excluding hydrogens is 712 g/mol. The van der Waals surface area contributed by atoms with Crippen LogP contribution >= 0.6 is 0 Å². The molecule has 2 saturated heterocycles. The predicted molar refractivity (Wildman–Crippen MR) is 172 cm³/mol. The van der Waals surface area contributed by atoms with Gasteiger partial charge in [-0.3, -0.25) is 14.4 Å². The monoisotopic (exact) mass is 754 g/mol. The summed E-state index contributed by atoms with van der Waals surface area (Å²) < 4.78 is 39.2. The molecule has 0 saturated carbocycles. The van der Waals surface area contributed by atoms with Gasteiger partial charge < -0.3 is 79.1 Å². The van der Waals surface area contributed by atoms with Crippen molar-refractivity contribution >= 4 is 17.7 Å². The maximum absolute atomic E-state index is 13.1. The minimum atomic E-state index is -1.97. The number of hydrogen-bond donors (Lipinski definition) is 9. The van der Waals surface area contributed by atoms with Crippen LogP contribution in [-0.4, -0.2) is 144 Å². The van der Waals surface area contributed by atoms with Gasteiger partial charge in [0.15, 0.2) is 29.7 Å². The Hall–Kier alpha value is -4.31. The first kappa shape index (κ1) is 39.9. The first-order chi connectivity index (χ1) is 24.9. The summed E-state index contributed by atoms with van der Waals surface area (Å²) in [4.78, 5) is 36.6. The SMILES string of the molecule is COc1ccc([C@@H]2CC(=O)c3c(O)cc(O[C@@H]4O[C@H](COC(=O)C[C@](C)(O)CC(=O)O)[C@H](O)[C@H](O)[C@H]4O[C@@H]4O[C@@H](C)[C@H](O)[C@@H](O)[C@H]4O)cc3O2)cc1O. The van der Waals surface area contributed by atoms with E-state index in [-0.39, 0.29) is 35.0 Å². The molecule has 12 atom stereocenters. The van der Waals surface area contributed by atoms with Gasteiger partial charge in [0.2, 0.25) is 6.29 Å². The molecule has 0 amide bonds. The van der Waals surface area contributed by atoms with E-state index in [1.807, 2.05) is 0 Å². The number of carboxylic acids is 1. The summed E-state index contributed by atoms with van der Waals surface area (Å²) in [5, 5.41) is 93.6. The largest absolute Gasteiger partial charge is 0.507 e. The average molecular weight is 755 g/mol. The molecule has 3 aliphatic heterocycles. The van der Waals surface area contributed by atoms with Crippen molar-refractivity contribution in [2.45, 2.75) is 106 Å². The summed E-state index contributed by atoms with van der Waals surface area (Å²) in [5.41, 5.74) is -1.74. The third-order valence-electron chi connectivity index (χ3n) is 9.01. The topological polar surface area (TPSA) is 298 Å². The van der Waals surface area contributed by atoms with E-state index in [0.717, 1.165) is 13.0 Å². The lowest BCUT2D eigenvalue weighted by Gasteiger charge is -2.45. The fourth-order valence-electron chi connectivity index (χ4n) is 6.20. The van der Waals surface area contributed by atoms with E-state index in [1.54, 1.807) is 6.07 Å². The Labute approximate surface area is 301 Å². The van der Waals surface area contributed by atoms with E-state index < -0.39 is 116 Å². The number of ketones is 1. The lowest BCUT2D eigenvalue weighted by Crippen LogP contribution is -2.64. The van der Waals surface area contributed by atoms with Gasteiger partial charge in [0.05, 0.1) is 38.1 Å². The molecular formula is C34H42O19. The normalized spacial score (nSPS) is 32.5. The van der Waals surface area contributed by atoms with Crippen LogP contribution < -0.4 is 14.2 Å². The zero-order chi connectivity index (χ0) is 38.9. The van der Waals surface area contributed by atoms with Gasteiger partial charge in [-0.05, 0) is 31.5 Å². The molecule has 5 rings (SSSR count). The number of aliphatic hydroxyl groups excluding tert-OH is 5. The summed E-state index contributed by atoms with van der Waals surface area (Å²) >= 11 is 0. The molecule has 2 aromatic carbocycles. The second-order valence-corrected chi connectivity index (χ2v) is 13.3. The minimum absolute atomic E-state index is 0.138. The molecule has 0 aromatic heterocycles. The summed E-state index contributed by atoms with van der Waals surface area (Å²) in [6.45, 7) is 1.74. The number of phenols is 2. The number of ether oxygens (including phenoxy) is 7. The van der Waals surface area contributed by atoms with Gasteiger partial charge in [-0.25, -0.2) is 0 Å². The van der Waals surface area contributed by atoms with Gasteiger partial charge in [0.25, 0.3) is 0 Å². The van der Waals surface area contributed by atoms with E-state index in [4.69, 9.17) is 38.3 Å². The first-order valence-electron chi connectivity index (χ1n) is 16.5. The van der Waals surface area contributed by atoms with Gasteiger partial charge in [0, 0.05) is 12.1 Å². The summed E-state index contributed by atoms with van der Waals surface area (Å²) in [6.07, 6.45) is -19.4. The Morgan fingerprint density at radius 3 is 2.28 bits per heavy atom. The zero-order valence-corrected chi connectivity index (χ0v) is 28.7. The van der Waals surface area contributed by atoms with Crippen molar-refractivity contribution in [3.05, 3.63) is 41.5 Å². The Kier molecular flexibility index (Phi) is 12.0. The van der Waals surface area contributed by atoms with Crippen LogP contribution in [0.3, 0.4) is 0 Å². The number of rotatable bonds is 12. The second kappa shape index (κ2) is 16.0. The number of aromatic hydroxyl groups is 2. The van der Waals surface area contributed by atoms with Gasteiger partial charge in [0.1, 0.15) is 72.1 Å². The van der Waals surface area contributed by atoms with Gasteiger partial charge >= 0.3 is 11.9 Å². The molecule has 3 aliphatic rings. The van der Waals surface area contributed by atoms with Crippen LogP contribution in [0.15, 0.2) is 30.3 Å². The number of aliphatic carboxylic acids is 1. The van der Waals surface area contributed by atoms with Crippen molar-refractivity contribution in [2.75, 3.05) is 13.7 Å². The van der Waals surface area contributed by atoms with Gasteiger partial charge in [-0.2, -0.15) is 0 Å². The number of carbonyl (C=O) groups is 3. The number of fused-ring (bicyclic) bond motifs is 1. The van der Waals surface area contributed by atoms with E-state index >= 15 is 0 Å². The van der Waals surface area contributed by atoms with Crippen LogP contribution in [0, 0.1) is 0 Å². The Balaban J connectivity index is 1.40. The fourth-order valence-corrected chi connectivity index (χ4v) is 6.20. The number of methoxy groups -OCH3 is 1. The van der Waals surface area contributed by atoms with Crippen LogP contribution in [-0.2, 0) is 28.5 Å². The quantitative estimate of drug-likeness (QED) is 0.118. The highest BCUT2D eigenvalue weighted by molar-refractivity contribution is 6.02. The van der Waals surface area contributed by atoms with Crippen molar-refractivity contribution in [3.63, 3.8) is 0 Å². The average Bonchev–Trinajstić information content (AvgIpc) is 3.07. The third-order valence-corrected chi connectivity index (χ3v) is 9.01. The number of phenolic OH excluding ortho intramolecular Hbond substituents is 2. The number of carboxylic acid groups (broad SMARTS) is 1. The molecule has 0 bridgehead atoms. The van der Waals surface area contributed by atoms with Gasteiger partial charge in [-0.1, -0.05) is 6.07 Å². The molecule has 0 spiro atoms. The van der Waals surface area contributed by atoms with Crippen LogP contribution in [0.4, 0.5) is 0 Å². The number of aliphatic hydroxyl groups is 6. The van der Waals surface area contributed by atoms with Crippen LogP contribution in [0.1, 0.15) is 55.1 Å². The Morgan fingerprint density at radius 2 is 1.62 bits per heavy atom. The molecule has 0 aliphatic carbocycles. The highest BCUT2D eigenvalue weighted by atomic mass is 16.8. The first-order valence-corrected chi connectivity index (χ1v) is 16.5. The molecule has 3 heterocycles. The van der Waals surface area contributed by atoms with Crippen LogP contribution in [0.5, 0.6) is 28.7 Å². The highest BCUT2D eigenvalue weighted by Gasteiger charge is 2.51. The van der Waals surface area contributed by atoms with E-state index in [2.05, 4.69) is 0 Å². The fraction of sp³-hybridized carbons (Fsp3) is 0.559. The summed E-state index contributed by atoms with van der Waals surface area (Å²) in [6, 6.07) is 6.65. The molecule has 19 heteroatoms. The number of esters is 1. The molecule has 9 N–H and O–H groups in total. The minimum Gasteiger partial charge on any atom is -0.507 e. The number of carbonyl (C=O) groups excluding carboxylic acids is 2. The van der Waals surface area contributed by atoms with Crippen molar-refractivity contribution in [2.24, 2.45) is 0 Å². The van der Waals surface area contributed by atoms with Crippen molar-refractivity contribution < 1.29 is 93.5 Å². The van der Waals surface area contributed by atoms with Crippen LogP contribution in [0.2, 0.25) is 0 Å². The molecule has 53 heavy (non-hydrogen) atoms. The van der Waals surface area contributed by atoms with Crippen molar-refractivity contribution in [3.8, 4) is 28.7 Å². The lowest BCUT2D eigenvalue weighted by atomic mass is 9.95. The summed E-state index contributed by atoms with van der Waals surface area (Å²) in [7, 11) is 1.37. The van der Waals surface area contributed by atoms with Crippen molar-refractivity contribution in [1.29, 1.82) is 0 Å². The van der Waals surface area contributed by atoms with Gasteiger partial charge in [-0.15, -0.1) is 0 Å². The smallest absolute Gasteiger partial charge is 0.308 e. The maximum atomic E-state index is 13.1. The number of benzene rings is 2. The molecule has 2 fully saturated rings. The van der Waals surface area contributed by atoms with E-state index in [0.29, 0.717) is 5.56 Å². The Bertz CT molecular complexity index is 1660. The zero-order valence-electron chi connectivity index (χ0n) is 28.7. The predicted octanol–water partition coefficient (Wildman–Crippen LogP) is -0.990. The standard InChI is InChI=1S/C34H42O19/c1-13-26(41)28(43)30(45)32(49-13)53-31-29(44)27(42)22(12-48-24(40)11-34(2,46)10-23(38)39)52-33(31)50-15-7-17(36)25-18(37)9-20(51-21(25)8-15)14-4-5-19(47-3)16(35)6-14/h4-8,13,20,22,26-33,35-36,41-46H,9-12H2,1-3H3,(H,38,39)/t13-,20-,22+,26-,27-,28+,29-,30+,31+,32-,33+,34+/m0/s1. The van der Waals surface area contributed by atoms with E-state index in [1.165, 1.54) is 32.2 Å². The number of hydrogen-bond acceptors (Lipinski definition) is 18. The number of Topliss-reactive ketones (excluding diaryl/α,β-unsaturated/α-hetero) is 1. The van der Waals surface area contributed by atoms with E-state index in [9.17, 15) is 55.2 Å². The second-order valence-electron chi connectivity index (χ2n) is 13.3. The summed E-state index contributed by atoms with van der Waals surface area (Å²) in [5.74, 6) is -3.91. The molecule has 19 nitrogen and oxygen atoms in total. The molecule has 0 unspecified atom stereocenters. The maximum Gasteiger partial charge on any atom is 0.308 e. The molecule has 292 valence electrons. The lowest BCUT2D eigenvalue weighted by molar-refractivity contribution is -0.354. The van der Waals surface area contributed by atoms with Crippen LogP contribution in [0.25, 0.3) is 0 Å². The Morgan fingerprint density at radius 1 is 0.906 bits per heavy atom. The highest BCUT2D eigenvalue weighted by Crippen LogP contribution is 2.44.